The topological polar surface area (TPSA) is 9.23 Å². The first-order chi connectivity index (χ1) is 6.57. The van der Waals surface area contributed by atoms with E-state index in [0.29, 0.717) is 0 Å². The van der Waals surface area contributed by atoms with Crippen molar-refractivity contribution in [1.29, 1.82) is 0 Å². The molecule has 2 heteroatoms. The highest BCUT2D eigenvalue weighted by molar-refractivity contribution is 7.99. The Bertz CT molecular complexity index is 327. The van der Waals surface area contributed by atoms with E-state index in [1.54, 1.807) is 0 Å². The molecule has 1 heterocycles. The molecule has 0 fully saturated rings. The Morgan fingerprint density at radius 3 is 2.71 bits per heavy atom. The maximum absolute atomic E-state index is 5.83. The number of hydrogen-bond donors (Lipinski definition) is 0. The predicted molar refractivity (Wildman–Crippen MR) is 60.3 cm³/mol. The number of ether oxygens (including phenoxy) is 1. The van der Waals surface area contributed by atoms with Crippen LogP contribution in [-0.4, -0.2) is 5.44 Å². The van der Waals surface area contributed by atoms with Gasteiger partial charge in [-0.2, -0.15) is 0 Å². The lowest BCUT2D eigenvalue weighted by molar-refractivity contribution is 0.0275. The number of benzene rings is 1. The molecule has 76 valence electrons. The summed E-state index contributed by atoms with van der Waals surface area (Å²) in [5, 5.41) is 0. The van der Waals surface area contributed by atoms with Crippen molar-refractivity contribution in [2.45, 2.75) is 37.7 Å². The molecule has 0 aromatic heterocycles. The van der Waals surface area contributed by atoms with Crippen molar-refractivity contribution < 1.29 is 4.74 Å². The zero-order valence-electron chi connectivity index (χ0n) is 8.91. The predicted octanol–water partition coefficient (Wildman–Crippen LogP) is 3.68. The molecule has 1 aromatic rings. The quantitative estimate of drug-likeness (QED) is 0.643. The summed E-state index contributed by atoms with van der Waals surface area (Å²) < 4.78 is 5.83. The van der Waals surface area contributed by atoms with Crippen LogP contribution in [-0.2, 0) is 11.3 Å². The van der Waals surface area contributed by atoms with Crippen LogP contribution in [0, 0.1) is 5.41 Å². The van der Waals surface area contributed by atoms with E-state index in [9.17, 15) is 0 Å². The highest BCUT2D eigenvalue weighted by Crippen LogP contribution is 2.41. The van der Waals surface area contributed by atoms with Crippen LogP contribution in [0.4, 0.5) is 0 Å². The van der Waals surface area contributed by atoms with Gasteiger partial charge in [0.15, 0.2) is 0 Å². The molecule has 0 saturated carbocycles. The highest BCUT2D eigenvalue weighted by Gasteiger charge is 2.30. The van der Waals surface area contributed by atoms with Gasteiger partial charge in [0.05, 0.1) is 6.61 Å². The highest BCUT2D eigenvalue weighted by atomic mass is 32.2. The molecule has 0 saturated heterocycles. The summed E-state index contributed by atoms with van der Waals surface area (Å²) in [5.41, 5.74) is 1.80. The summed E-state index contributed by atoms with van der Waals surface area (Å²) in [7, 11) is 0. The van der Waals surface area contributed by atoms with Crippen LogP contribution in [0.3, 0.4) is 0 Å². The summed E-state index contributed by atoms with van der Waals surface area (Å²) in [4.78, 5) is 1.37. The van der Waals surface area contributed by atoms with Gasteiger partial charge in [0, 0.05) is 4.90 Å². The second-order valence-corrected chi connectivity index (χ2v) is 5.84. The fourth-order valence-electron chi connectivity index (χ4n) is 1.48. The van der Waals surface area contributed by atoms with E-state index < -0.39 is 0 Å². The number of rotatable bonds is 0. The van der Waals surface area contributed by atoms with E-state index in [4.69, 9.17) is 4.74 Å². The standard InChI is InChI=1S/C12H16OS/c1-12(2,3)11-13-8-9-6-4-5-7-10(9)14-11/h4-7,11H,8H2,1-3H3. The van der Waals surface area contributed by atoms with Gasteiger partial charge in [0.2, 0.25) is 0 Å². The van der Waals surface area contributed by atoms with Crippen LogP contribution < -0.4 is 0 Å². The normalized spacial score (nSPS) is 21.8. The Morgan fingerprint density at radius 2 is 2.00 bits per heavy atom. The lowest BCUT2D eigenvalue weighted by atomic mass is 9.98. The summed E-state index contributed by atoms with van der Waals surface area (Å²) in [5.74, 6) is 0. The smallest absolute Gasteiger partial charge is 0.113 e. The molecule has 0 bridgehead atoms. The molecule has 2 rings (SSSR count). The molecule has 0 amide bonds. The molecule has 1 unspecified atom stereocenters. The maximum Gasteiger partial charge on any atom is 0.113 e. The minimum absolute atomic E-state index is 0.207. The van der Waals surface area contributed by atoms with Gasteiger partial charge < -0.3 is 4.74 Å². The molecule has 0 spiro atoms. The Kier molecular flexibility index (Phi) is 2.58. The monoisotopic (exact) mass is 208 g/mol. The number of thioether (sulfide) groups is 1. The van der Waals surface area contributed by atoms with Crippen molar-refractivity contribution in [2.75, 3.05) is 0 Å². The van der Waals surface area contributed by atoms with Gasteiger partial charge in [-0.1, -0.05) is 50.7 Å². The molecule has 0 N–H and O–H groups in total. The average molecular weight is 208 g/mol. The summed E-state index contributed by atoms with van der Waals surface area (Å²) in [6.45, 7) is 7.42. The third kappa shape index (κ3) is 1.96. The van der Waals surface area contributed by atoms with Crippen LogP contribution in [0.5, 0.6) is 0 Å². The first kappa shape index (κ1) is 10.1. The van der Waals surface area contributed by atoms with Crippen molar-refractivity contribution in [3.63, 3.8) is 0 Å². The molecule has 0 aliphatic carbocycles. The minimum atomic E-state index is 0.207. The zero-order chi connectivity index (χ0) is 10.2. The second-order valence-electron chi connectivity index (χ2n) is 4.73. The van der Waals surface area contributed by atoms with E-state index in [2.05, 4.69) is 45.0 Å². The third-order valence-electron chi connectivity index (χ3n) is 2.30. The van der Waals surface area contributed by atoms with Gasteiger partial charge in [0.25, 0.3) is 0 Å². The van der Waals surface area contributed by atoms with Gasteiger partial charge in [0.1, 0.15) is 5.44 Å². The van der Waals surface area contributed by atoms with E-state index in [0.717, 1.165) is 6.61 Å². The van der Waals surface area contributed by atoms with Gasteiger partial charge in [-0.3, -0.25) is 0 Å². The Hall–Kier alpha value is -0.470. The van der Waals surface area contributed by atoms with Crippen molar-refractivity contribution in [2.24, 2.45) is 5.41 Å². The van der Waals surface area contributed by atoms with Crippen LogP contribution in [0.25, 0.3) is 0 Å². The van der Waals surface area contributed by atoms with Crippen LogP contribution in [0.2, 0.25) is 0 Å². The average Bonchev–Trinajstić information content (AvgIpc) is 2.16. The molecular formula is C12H16OS. The van der Waals surface area contributed by atoms with E-state index in [1.807, 2.05) is 11.8 Å². The number of fused-ring (bicyclic) bond motifs is 1. The SMILES string of the molecule is CC(C)(C)C1OCc2ccccc2S1. The third-order valence-corrected chi connectivity index (χ3v) is 4.01. The largest absolute Gasteiger partial charge is 0.362 e. The summed E-state index contributed by atoms with van der Waals surface area (Å²) >= 11 is 1.84. The molecule has 14 heavy (non-hydrogen) atoms. The van der Waals surface area contributed by atoms with Crippen molar-refractivity contribution in [3.05, 3.63) is 29.8 Å². The van der Waals surface area contributed by atoms with Gasteiger partial charge in [-0.25, -0.2) is 0 Å². The van der Waals surface area contributed by atoms with Crippen molar-refractivity contribution >= 4 is 11.8 Å². The Morgan fingerprint density at radius 1 is 1.29 bits per heavy atom. The van der Waals surface area contributed by atoms with E-state index in [1.165, 1.54) is 10.5 Å². The van der Waals surface area contributed by atoms with Gasteiger partial charge >= 0.3 is 0 Å². The molecular weight excluding hydrogens is 192 g/mol. The fourth-order valence-corrected chi connectivity index (χ4v) is 2.64. The van der Waals surface area contributed by atoms with E-state index >= 15 is 0 Å². The lowest BCUT2D eigenvalue weighted by Crippen LogP contribution is -2.28. The first-order valence-electron chi connectivity index (χ1n) is 4.93. The second kappa shape index (κ2) is 3.59. The van der Waals surface area contributed by atoms with Gasteiger partial charge in [-0.05, 0) is 17.0 Å². The molecule has 1 aliphatic rings. The first-order valence-corrected chi connectivity index (χ1v) is 5.81. The minimum Gasteiger partial charge on any atom is -0.362 e. The van der Waals surface area contributed by atoms with E-state index in [-0.39, 0.29) is 10.9 Å². The summed E-state index contributed by atoms with van der Waals surface area (Å²) in [6, 6.07) is 8.49. The zero-order valence-corrected chi connectivity index (χ0v) is 9.73. The Balaban J connectivity index is 2.22. The van der Waals surface area contributed by atoms with Crippen LogP contribution >= 0.6 is 11.8 Å². The fraction of sp³-hybridized carbons (Fsp3) is 0.500. The van der Waals surface area contributed by atoms with Gasteiger partial charge in [-0.15, -0.1) is 0 Å². The molecule has 1 atom stereocenters. The lowest BCUT2D eigenvalue weighted by Gasteiger charge is -2.34. The maximum atomic E-state index is 5.83. The Labute approximate surface area is 89.9 Å². The van der Waals surface area contributed by atoms with Crippen LogP contribution in [0.1, 0.15) is 26.3 Å². The molecule has 0 radical (unpaired) electrons. The molecule has 1 nitrogen and oxygen atoms in total. The van der Waals surface area contributed by atoms with Crippen LogP contribution in [0.15, 0.2) is 29.2 Å². The summed E-state index contributed by atoms with van der Waals surface area (Å²) in [6.07, 6.45) is 0. The van der Waals surface area contributed by atoms with Crippen molar-refractivity contribution in [1.82, 2.24) is 0 Å². The molecule has 1 aliphatic heterocycles. The molecule has 1 aromatic carbocycles. The number of hydrogen-bond acceptors (Lipinski definition) is 2. The van der Waals surface area contributed by atoms with Crippen molar-refractivity contribution in [3.8, 4) is 0 Å².